The van der Waals surface area contributed by atoms with E-state index in [4.69, 9.17) is 0 Å². The van der Waals surface area contributed by atoms with E-state index in [0.29, 0.717) is 37.1 Å². The molecule has 9 heteroatoms. The zero-order valence-electron chi connectivity index (χ0n) is 22.7. The highest BCUT2D eigenvalue weighted by atomic mass is 16.1. The van der Waals surface area contributed by atoms with Gasteiger partial charge in [-0.15, -0.1) is 0 Å². The first-order chi connectivity index (χ1) is 19.4. The van der Waals surface area contributed by atoms with Crippen molar-refractivity contribution in [1.29, 1.82) is 0 Å². The van der Waals surface area contributed by atoms with E-state index in [2.05, 4.69) is 50.8 Å². The molecule has 1 amide bonds. The van der Waals surface area contributed by atoms with Crippen LogP contribution in [0.2, 0.25) is 0 Å². The van der Waals surface area contributed by atoms with Gasteiger partial charge in [0.15, 0.2) is 0 Å². The molecule has 5 aromatic rings. The number of aryl methyl sites for hydroxylation is 2. The Morgan fingerprint density at radius 3 is 2.33 bits per heavy atom. The maximum atomic E-state index is 12.0. The number of hydrogen-bond donors (Lipinski definition) is 3. The van der Waals surface area contributed by atoms with Crippen LogP contribution < -0.4 is 21.5 Å². The highest BCUT2D eigenvalue weighted by Crippen LogP contribution is 2.30. The zero-order valence-corrected chi connectivity index (χ0v) is 22.7. The Morgan fingerprint density at radius 2 is 1.60 bits per heavy atom. The van der Waals surface area contributed by atoms with Crippen molar-refractivity contribution in [2.45, 2.75) is 40.4 Å². The summed E-state index contributed by atoms with van der Waals surface area (Å²) in [6.45, 7) is 7.32. The van der Waals surface area contributed by atoms with Crippen LogP contribution in [0.1, 0.15) is 34.7 Å². The van der Waals surface area contributed by atoms with E-state index in [1.807, 2.05) is 42.5 Å². The topological polar surface area (TPSA) is 114 Å². The molecule has 0 aliphatic heterocycles. The number of benzene rings is 2. The molecule has 3 heterocycles. The van der Waals surface area contributed by atoms with Gasteiger partial charge in [0.1, 0.15) is 23.8 Å². The van der Waals surface area contributed by atoms with Crippen molar-refractivity contribution in [3.8, 4) is 0 Å². The molecule has 0 spiro atoms. The molecule has 0 atom stereocenters. The van der Waals surface area contributed by atoms with Crippen LogP contribution >= 0.6 is 0 Å². The highest BCUT2D eigenvalue weighted by Gasteiger charge is 2.13. The summed E-state index contributed by atoms with van der Waals surface area (Å²) in [7, 11) is 0. The minimum Gasteiger partial charge on any atom is -0.366 e. The van der Waals surface area contributed by atoms with Crippen molar-refractivity contribution in [3.63, 3.8) is 0 Å². The molecule has 0 saturated carbocycles. The minimum atomic E-state index is -0.152. The predicted octanol–water partition coefficient (Wildman–Crippen LogP) is 5.03. The Morgan fingerprint density at radius 1 is 0.875 bits per heavy atom. The van der Waals surface area contributed by atoms with Gasteiger partial charge in [0.2, 0.25) is 5.91 Å². The molecular weight excluding hydrogens is 502 g/mol. The average Bonchev–Trinajstić information content (AvgIpc) is 2.93. The van der Waals surface area contributed by atoms with Crippen molar-refractivity contribution >= 4 is 34.1 Å². The summed E-state index contributed by atoms with van der Waals surface area (Å²) in [5, 5.41) is 11.6. The van der Waals surface area contributed by atoms with Crippen molar-refractivity contribution in [1.82, 2.24) is 19.5 Å². The van der Waals surface area contributed by atoms with Crippen LogP contribution in [0.5, 0.6) is 0 Å². The lowest BCUT2D eigenvalue weighted by atomic mass is 9.96. The van der Waals surface area contributed by atoms with Gasteiger partial charge in [-0.25, -0.2) is 15.0 Å². The lowest BCUT2D eigenvalue weighted by molar-refractivity contribution is -0.114. The van der Waals surface area contributed by atoms with Crippen LogP contribution in [0.25, 0.3) is 10.8 Å². The molecule has 0 bridgehead atoms. The van der Waals surface area contributed by atoms with Crippen LogP contribution in [0.4, 0.5) is 17.5 Å². The van der Waals surface area contributed by atoms with Gasteiger partial charge in [-0.3, -0.25) is 9.59 Å². The SMILES string of the molecule is CC(=O)Nc1nccc2cc(C)c(CNc3cc(NCc4ccc(Cn5ccccc5=O)cc4)ncn3)c(C)c12. The maximum absolute atomic E-state index is 12.0. The van der Waals surface area contributed by atoms with Gasteiger partial charge in [-0.05, 0) is 59.2 Å². The van der Waals surface area contributed by atoms with Crippen LogP contribution in [-0.4, -0.2) is 25.4 Å². The van der Waals surface area contributed by atoms with Gasteiger partial charge in [0.05, 0.1) is 6.54 Å². The second-order valence-electron chi connectivity index (χ2n) is 9.71. The Bertz CT molecular complexity index is 1730. The summed E-state index contributed by atoms with van der Waals surface area (Å²) in [4.78, 5) is 36.8. The maximum Gasteiger partial charge on any atom is 0.250 e. The first-order valence-corrected chi connectivity index (χ1v) is 13.1. The number of fused-ring (bicyclic) bond motifs is 1. The molecule has 0 aliphatic rings. The number of aromatic nitrogens is 4. The monoisotopic (exact) mass is 533 g/mol. The number of hydrogen-bond acceptors (Lipinski definition) is 7. The number of amides is 1. The van der Waals surface area contributed by atoms with Crippen LogP contribution in [0.15, 0.2) is 84.2 Å². The summed E-state index contributed by atoms with van der Waals surface area (Å²) in [5.41, 5.74) is 5.48. The molecule has 3 N–H and O–H groups in total. The number of nitrogens with zero attached hydrogens (tertiary/aromatic N) is 4. The smallest absolute Gasteiger partial charge is 0.250 e. The van der Waals surface area contributed by atoms with Gasteiger partial charge in [-0.2, -0.15) is 0 Å². The van der Waals surface area contributed by atoms with E-state index >= 15 is 0 Å². The molecule has 202 valence electrons. The lowest BCUT2D eigenvalue weighted by Crippen LogP contribution is -2.18. The van der Waals surface area contributed by atoms with Crippen molar-refractivity contribution < 1.29 is 4.79 Å². The summed E-state index contributed by atoms with van der Waals surface area (Å²) >= 11 is 0. The van der Waals surface area contributed by atoms with E-state index in [0.717, 1.165) is 38.6 Å². The summed E-state index contributed by atoms with van der Waals surface area (Å²) in [6, 6.07) is 19.3. The van der Waals surface area contributed by atoms with E-state index in [1.54, 1.807) is 29.1 Å². The number of carbonyl (C=O) groups excluding carboxylic acids is 1. The third-order valence-electron chi connectivity index (χ3n) is 6.82. The number of anilines is 3. The quantitative estimate of drug-likeness (QED) is 0.243. The van der Waals surface area contributed by atoms with Crippen LogP contribution in [0.3, 0.4) is 0 Å². The highest BCUT2D eigenvalue weighted by molar-refractivity contribution is 6.02. The summed E-state index contributed by atoms with van der Waals surface area (Å²) in [6.07, 6.45) is 5.03. The Balaban J connectivity index is 1.24. The fourth-order valence-electron chi connectivity index (χ4n) is 4.76. The number of nitrogens with one attached hydrogen (secondary N) is 3. The van der Waals surface area contributed by atoms with Crippen LogP contribution in [-0.2, 0) is 24.4 Å². The number of rotatable bonds is 9. The van der Waals surface area contributed by atoms with Crippen LogP contribution in [0, 0.1) is 13.8 Å². The average molecular weight is 534 g/mol. The first-order valence-electron chi connectivity index (χ1n) is 13.1. The molecule has 0 aliphatic carbocycles. The number of pyridine rings is 2. The van der Waals surface area contributed by atoms with E-state index in [-0.39, 0.29) is 11.5 Å². The zero-order chi connectivity index (χ0) is 28.1. The minimum absolute atomic E-state index is 0.0147. The second kappa shape index (κ2) is 11.8. The molecule has 5 rings (SSSR count). The van der Waals surface area contributed by atoms with Gasteiger partial charge >= 0.3 is 0 Å². The van der Waals surface area contributed by atoms with E-state index < -0.39 is 0 Å². The third kappa shape index (κ3) is 6.15. The third-order valence-corrected chi connectivity index (χ3v) is 6.82. The van der Waals surface area contributed by atoms with Gasteiger partial charge < -0.3 is 20.5 Å². The van der Waals surface area contributed by atoms with E-state index in [1.165, 1.54) is 13.3 Å². The fraction of sp³-hybridized carbons (Fsp3) is 0.194. The lowest BCUT2D eigenvalue weighted by Gasteiger charge is -2.16. The molecule has 3 aromatic heterocycles. The standard InChI is InChI=1S/C31H31N7O2/c1-20-14-25-11-12-32-31(37-22(3)39)30(25)21(2)26(20)17-34-28-15-27(35-19-36-28)33-16-23-7-9-24(10-8-23)18-38-13-5-4-6-29(38)40/h4-15,19H,16-18H2,1-3H3,(H,32,37,39)(H2,33,34,35,36). The van der Waals surface area contributed by atoms with Gasteiger partial charge in [0.25, 0.3) is 5.56 Å². The van der Waals surface area contributed by atoms with Gasteiger partial charge in [-0.1, -0.05) is 36.4 Å². The predicted molar refractivity (Wildman–Crippen MR) is 158 cm³/mol. The normalized spacial score (nSPS) is 10.9. The molecule has 9 nitrogen and oxygen atoms in total. The van der Waals surface area contributed by atoms with Crippen molar-refractivity contribution in [3.05, 3.63) is 118 Å². The summed E-state index contributed by atoms with van der Waals surface area (Å²) < 4.78 is 1.68. The molecule has 0 saturated heterocycles. The number of carbonyl (C=O) groups is 1. The Labute approximate surface area is 232 Å². The van der Waals surface area contributed by atoms with E-state index in [9.17, 15) is 9.59 Å². The summed E-state index contributed by atoms with van der Waals surface area (Å²) in [5.74, 6) is 1.83. The Kier molecular flexibility index (Phi) is 7.82. The fourth-order valence-corrected chi connectivity index (χ4v) is 4.76. The van der Waals surface area contributed by atoms with Crippen molar-refractivity contribution in [2.75, 3.05) is 16.0 Å². The Hall–Kier alpha value is -5.05. The first kappa shape index (κ1) is 26.6. The second-order valence-corrected chi connectivity index (χ2v) is 9.71. The largest absolute Gasteiger partial charge is 0.366 e. The molecule has 0 radical (unpaired) electrons. The molecule has 0 unspecified atom stereocenters. The molecule has 2 aromatic carbocycles. The molecular formula is C31H31N7O2. The molecule has 40 heavy (non-hydrogen) atoms. The van der Waals surface area contributed by atoms with Gasteiger partial charge in [0, 0.05) is 49.9 Å². The molecule has 0 fully saturated rings. The van der Waals surface area contributed by atoms with Crippen molar-refractivity contribution in [2.24, 2.45) is 0 Å².